The average molecular weight is 399 g/mol. The Labute approximate surface area is 139 Å². The highest BCUT2D eigenvalue weighted by Gasteiger charge is 2.43. The monoisotopic (exact) mass is 399 g/mol. The lowest BCUT2D eigenvalue weighted by atomic mass is 10.0. The lowest BCUT2D eigenvalue weighted by molar-refractivity contribution is -0.293. The van der Waals surface area contributed by atoms with E-state index >= 15 is 0 Å². The minimum Gasteiger partial charge on any atom is -0.402 e. The molecule has 4 nitrogen and oxygen atoms in total. The van der Waals surface area contributed by atoms with Crippen LogP contribution in [0.5, 0.6) is 17.2 Å². The molecule has 0 heterocycles. The Bertz CT molecular complexity index is 650. The molecule has 1 aromatic rings. The number of halogens is 9. The Morgan fingerprint density at radius 2 is 1.23 bits per heavy atom. The lowest BCUT2D eigenvalue weighted by Crippen LogP contribution is -2.25. The predicted molar refractivity (Wildman–Crippen MR) is 66.1 cm³/mol. The summed E-state index contributed by atoms with van der Waals surface area (Å²) in [7, 11) is 0. The summed E-state index contributed by atoms with van der Waals surface area (Å²) in [6.45, 7) is 0. The van der Waals surface area contributed by atoms with Crippen LogP contribution in [0.2, 0.25) is 0 Å². The van der Waals surface area contributed by atoms with Crippen molar-refractivity contribution in [2.24, 2.45) is 11.7 Å². The van der Waals surface area contributed by atoms with Crippen molar-refractivity contribution in [3.63, 3.8) is 0 Å². The second kappa shape index (κ2) is 6.59. The highest BCUT2D eigenvalue weighted by molar-refractivity contribution is 5.57. The number of benzene rings is 1. The Morgan fingerprint density at radius 3 is 1.65 bits per heavy atom. The van der Waals surface area contributed by atoms with Gasteiger partial charge in [-0.05, 0) is 30.9 Å². The van der Waals surface area contributed by atoms with E-state index in [-0.39, 0.29) is 5.92 Å². The molecule has 1 aliphatic rings. The van der Waals surface area contributed by atoms with Gasteiger partial charge >= 0.3 is 19.1 Å². The number of ether oxygens (including phenoxy) is 3. The molecule has 1 saturated carbocycles. The maximum absolute atomic E-state index is 12.6. The number of hydrogen-bond donors (Lipinski definition) is 1. The zero-order valence-electron chi connectivity index (χ0n) is 12.4. The summed E-state index contributed by atoms with van der Waals surface area (Å²) in [5.41, 5.74) is 5.10. The average Bonchev–Trinajstić information content (AvgIpc) is 3.21. The highest BCUT2D eigenvalue weighted by Crippen LogP contribution is 2.51. The van der Waals surface area contributed by atoms with Crippen molar-refractivity contribution in [2.45, 2.75) is 38.0 Å². The van der Waals surface area contributed by atoms with Gasteiger partial charge in [0, 0.05) is 11.6 Å². The summed E-state index contributed by atoms with van der Waals surface area (Å²) >= 11 is 0. The van der Waals surface area contributed by atoms with Gasteiger partial charge in [0.2, 0.25) is 5.75 Å². The molecular formula is C13H10F9NO3. The van der Waals surface area contributed by atoms with Gasteiger partial charge in [-0.1, -0.05) is 0 Å². The second-order valence-electron chi connectivity index (χ2n) is 5.32. The molecule has 2 rings (SSSR count). The summed E-state index contributed by atoms with van der Waals surface area (Å²) in [6, 6.07) is -0.133. The van der Waals surface area contributed by atoms with Gasteiger partial charge in [0.1, 0.15) is 0 Å². The van der Waals surface area contributed by atoms with Crippen molar-refractivity contribution >= 4 is 0 Å². The molecule has 1 aliphatic carbocycles. The van der Waals surface area contributed by atoms with Gasteiger partial charge in [-0.25, -0.2) is 0 Å². The summed E-state index contributed by atoms with van der Waals surface area (Å²) < 4.78 is 123. The molecule has 1 fully saturated rings. The van der Waals surface area contributed by atoms with Gasteiger partial charge < -0.3 is 19.9 Å². The molecule has 0 amide bonds. The maximum atomic E-state index is 12.6. The normalized spacial score (nSPS) is 17.0. The van der Waals surface area contributed by atoms with Crippen molar-refractivity contribution in [1.82, 2.24) is 0 Å². The molecule has 1 aromatic carbocycles. The molecule has 0 aliphatic heterocycles. The Hall–Kier alpha value is -2.05. The van der Waals surface area contributed by atoms with Crippen molar-refractivity contribution < 1.29 is 53.7 Å². The van der Waals surface area contributed by atoms with E-state index < -0.39 is 47.9 Å². The number of alkyl halides is 9. The van der Waals surface area contributed by atoms with Crippen LogP contribution in [-0.2, 0) is 0 Å². The van der Waals surface area contributed by atoms with Gasteiger partial charge in [-0.2, -0.15) is 0 Å². The van der Waals surface area contributed by atoms with Crippen LogP contribution in [0.1, 0.15) is 24.4 Å². The van der Waals surface area contributed by atoms with Gasteiger partial charge in [-0.3, -0.25) is 0 Å². The molecule has 2 N–H and O–H groups in total. The summed E-state index contributed by atoms with van der Waals surface area (Å²) in [4.78, 5) is 0. The summed E-state index contributed by atoms with van der Waals surface area (Å²) in [5.74, 6) is -5.55. The molecule has 0 radical (unpaired) electrons. The molecule has 0 bridgehead atoms. The minimum atomic E-state index is -5.62. The van der Waals surface area contributed by atoms with E-state index in [1.807, 2.05) is 0 Å². The Kier molecular flexibility index (Phi) is 5.14. The first kappa shape index (κ1) is 20.3. The fourth-order valence-corrected chi connectivity index (χ4v) is 2.17. The Balaban J connectivity index is 2.61. The van der Waals surface area contributed by atoms with Gasteiger partial charge in [0.25, 0.3) is 0 Å². The summed E-state index contributed by atoms with van der Waals surface area (Å²) in [5, 5.41) is 0. The third-order valence-electron chi connectivity index (χ3n) is 3.26. The first-order chi connectivity index (χ1) is 11.7. The number of hydrogen-bond acceptors (Lipinski definition) is 4. The van der Waals surface area contributed by atoms with E-state index in [1.165, 1.54) is 0 Å². The van der Waals surface area contributed by atoms with E-state index in [4.69, 9.17) is 5.73 Å². The Morgan fingerprint density at radius 1 is 0.769 bits per heavy atom. The first-order valence-corrected chi connectivity index (χ1v) is 6.86. The summed E-state index contributed by atoms with van der Waals surface area (Å²) in [6.07, 6.45) is -15.6. The molecule has 1 unspecified atom stereocenters. The molecule has 0 spiro atoms. The lowest BCUT2D eigenvalue weighted by Gasteiger charge is -2.23. The predicted octanol–water partition coefficient (Wildman–Crippen LogP) is 4.79. The third kappa shape index (κ3) is 5.75. The van der Waals surface area contributed by atoms with Crippen molar-refractivity contribution in [1.29, 1.82) is 0 Å². The van der Waals surface area contributed by atoms with E-state index in [0.717, 1.165) is 0 Å². The van der Waals surface area contributed by atoms with E-state index in [9.17, 15) is 39.5 Å². The van der Waals surface area contributed by atoms with Crippen molar-refractivity contribution in [3.8, 4) is 17.2 Å². The molecule has 13 heteroatoms. The smallest absolute Gasteiger partial charge is 0.402 e. The largest absolute Gasteiger partial charge is 0.573 e. The van der Waals surface area contributed by atoms with Crippen LogP contribution >= 0.6 is 0 Å². The van der Waals surface area contributed by atoms with Gasteiger partial charge in [0.15, 0.2) is 11.5 Å². The van der Waals surface area contributed by atoms with Crippen LogP contribution in [0, 0.1) is 5.92 Å². The zero-order chi connectivity index (χ0) is 19.9. The SMILES string of the molecule is NC(c1ccc(OC(F)(F)F)c(OC(F)(F)F)c1OC(F)(F)F)C1CC1. The topological polar surface area (TPSA) is 53.7 Å². The highest BCUT2D eigenvalue weighted by atomic mass is 19.4. The fraction of sp³-hybridized carbons (Fsp3) is 0.538. The second-order valence-corrected chi connectivity index (χ2v) is 5.32. The van der Waals surface area contributed by atoms with Crippen LogP contribution in [0.4, 0.5) is 39.5 Å². The molecule has 1 atom stereocenters. The quantitative estimate of drug-likeness (QED) is 0.724. The van der Waals surface area contributed by atoms with Gasteiger partial charge in [-0.15, -0.1) is 39.5 Å². The molecule has 0 aromatic heterocycles. The standard InChI is InChI=1S/C13H10F9NO3/c14-11(15,16)24-7-4-3-6(8(23)5-1-2-5)9(25-12(17,18)19)10(7)26-13(20,21)22/h3-5,8H,1-2,23H2. The van der Waals surface area contributed by atoms with Crippen LogP contribution in [0.25, 0.3) is 0 Å². The van der Waals surface area contributed by atoms with Crippen molar-refractivity contribution in [2.75, 3.05) is 0 Å². The maximum Gasteiger partial charge on any atom is 0.573 e. The first-order valence-electron chi connectivity index (χ1n) is 6.86. The van der Waals surface area contributed by atoms with Crippen LogP contribution in [-0.4, -0.2) is 19.1 Å². The fourth-order valence-electron chi connectivity index (χ4n) is 2.17. The van der Waals surface area contributed by atoms with Crippen molar-refractivity contribution in [3.05, 3.63) is 17.7 Å². The number of nitrogens with two attached hydrogens (primary N) is 1. The zero-order valence-corrected chi connectivity index (χ0v) is 12.4. The third-order valence-corrected chi connectivity index (χ3v) is 3.26. The molecule has 26 heavy (non-hydrogen) atoms. The van der Waals surface area contributed by atoms with E-state index in [1.54, 1.807) is 0 Å². The number of rotatable bonds is 5. The van der Waals surface area contributed by atoms with Crippen LogP contribution in [0.3, 0.4) is 0 Å². The van der Waals surface area contributed by atoms with Crippen LogP contribution < -0.4 is 19.9 Å². The van der Waals surface area contributed by atoms with Crippen LogP contribution in [0.15, 0.2) is 12.1 Å². The van der Waals surface area contributed by atoms with Gasteiger partial charge in [0.05, 0.1) is 0 Å². The van der Waals surface area contributed by atoms with E-state index in [0.29, 0.717) is 25.0 Å². The van der Waals surface area contributed by atoms with E-state index in [2.05, 4.69) is 14.2 Å². The minimum absolute atomic E-state index is 0.348. The molecule has 0 saturated heterocycles. The molecular weight excluding hydrogens is 389 g/mol. The molecule has 148 valence electrons.